The van der Waals surface area contributed by atoms with E-state index in [-0.39, 0.29) is 41.0 Å². The molecule has 3 aliphatic heterocycles. The fraction of sp³-hybridized carbons (Fsp3) is 0.615. The topological polar surface area (TPSA) is 93.6 Å². The van der Waals surface area contributed by atoms with Gasteiger partial charge in [-0.25, -0.2) is 8.42 Å². The first kappa shape index (κ1) is 28.8. The number of piperazine rings is 1. The van der Waals surface area contributed by atoms with Crippen LogP contribution in [0.2, 0.25) is 0 Å². The Kier molecular flexibility index (Phi) is 7.58. The lowest BCUT2D eigenvalue weighted by Gasteiger charge is -2.53. The number of benzene rings is 1. The summed E-state index contributed by atoms with van der Waals surface area (Å²) in [6.45, 7) is 4.78. The quantitative estimate of drug-likeness (QED) is 0.535. The number of piperidine rings is 1. The van der Waals surface area contributed by atoms with E-state index in [1.165, 1.54) is 16.4 Å². The van der Waals surface area contributed by atoms with E-state index in [1.807, 2.05) is 11.8 Å². The highest BCUT2D eigenvalue weighted by atomic mass is 32.2. The molecule has 2 N–H and O–H groups in total. The van der Waals surface area contributed by atoms with E-state index in [0.29, 0.717) is 44.8 Å². The molecule has 5 rings (SSSR count). The van der Waals surface area contributed by atoms with Gasteiger partial charge in [-0.1, -0.05) is 18.2 Å². The van der Waals surface area contributed by atoms with Gasteiger partial charge in [0.1, 0.15) is 4.21 Å². The van der Waals surface area contributed by atoms with Gasteiger partial charge in [0.25, 0.3) is 10.0 Å². The number of sulfonamides is 1. The number of nitrogens with zero attached hydrogens (tertiary/aromatic N) is 3. The zero-order valence-corrected chi connectivity index (χ0v) is 23.5. The molecule has 8 nitrogen and oxygen atoms in total. The van der Waals surface area contributed by atoms with Crippen molar-refractivity contribution in [2.75, 3.05) is 44.3 Å². The van der Waals surface area contributed by atoms with Crippen LogP contribution < -0.4 is 4.90 Å². The number of hydrogen-bond acceptors (Lipinski definition) is 8. The molecule has 4 heterocycles. The summed E-state index contributed by atoms with van der Waals surface area (Å²) in [4.78, 5) is 4.33. The van der Waals surface area contributed by atoms with Crippen LogP contribution >= 0.6 is 11.3 Å². The van der Waals surface area contributed by atoms with Gasteiger partial charge in [0.2, 0.25) is 0 Å². The number of halogens is 3. The number of rotatable bonds is 6. The minimum Gasteiger partial charge on any atom is -0.390 e. The second-order valence-corrected chi connectivity index (χ2v) is 14.3. The molecular weight excluding hydrogens is 555 g/mol. The van der Waals surface area contributed by atoms with Crippen LogP contribution in [0.25, 0.3) is 0 Å². The molecule has 2 aromatic rings. The van der Waals surface area contributed by atoms with Crippen LogP contribution in [0, 0.1) is 0 Å². The second kappa shape index (κ2) is 10.3. The van der Waals surface area contributed by atoms with E-state index in [9.17, 15) is 31.8 Å². The van der Waals surface area contributed by atoms with E-state index < -0.39 is 27.4 Å². The molecule has 0 aliphatic carbocycles. The van der Waals surface area contributed by atoms with E-state index in [4.69, 9.17) is 4.74 Å². The Bertz CT molecular complexity index is 1240. The minimum atomic E-state index is -4.83. The van der Waals surface area contributed by atoms with Crippen molar-refractivity contribution in [2.45, 2.75) is 66.4 Å². The summed E-state index contributed by atoms with van der Waals surface area (Å²) in [6.07, 6.45) is -3.75. The number of ether oxygens (including phenoxy) is 1. The number of aliphatic hydroxyl groups is 2. The molecule has 0 spiro atoms. The second-order valence-electron chi connectivity index (χ2n) is 11.2. The van der Waals surface area contributed by atoms with Crippen LogP contribution in [0.5, 0.6) is 0 Å². The molecule has 1 aromatic heterocycles. The predicted molar refractivity (Wildman–Crippen MR) is 141 cm³/mol. The normalized spacial score (nSPS) is 30.7. The smallest absolute Gasteiger partial charge is 0.390 e. The lowest BCUT2D eigenvalue weighted by atomic mass is 9.82. The van der Waals surface area contributed by atoms with E-state index in [2.05, 4.69) is 4.90 Å². The third-order valence-corrected chi connectivity index (χ3v) is 11.4. The number of alkyl halides is 3. The van der Waals surface area contributed by atoms with Crippen molar-refractivity contribution in [1.82, 2.24) is 9.21 Å². The Morgan fingerprint density at radius 1 is 1.10 bits per heavy atom. The van der Waals surface area contributed by atoms with E-state index in [0.717, 1.165) is 18.3 Å². The highest BCUT2D eigenvalue weighted by Gasteiger charge is 2.51. The molecule has 1 aromatic carbocycles. The zero-order chi connectivity index (χ0) is 28.2. The summed E-state index contributed by atoms with van der Waals surface area (Å²) in [7, 11) is -3.69. The first-order chi connectivity index (χ1) is 18.2. The highest BCUT2D eigenvalue weighted by molar-refractivity contribution is 7.91. The minimum absolute atomic E-state index is 0.0251. The maximum absolute atomic E-state index is 13.4. The standard InChI is InChI=1S/C26H34F3N3O5S2/c1-24(33)12-20-16-37-17-21(13-24)32(20)15-22-14-30(39(35,36)23-4-3-11-38-23)9-10-31(22)19-7-5-18(6-8-19)25(2,34)26(27,28)29/h3-8,11,20-22,33-34H,9-10,12-17H2,1-2H3/t20-,21+,22-,24?,25-/m1/s1. The van der Waals surface area contributed by atoms with Crippen LogP contribution in [-0.2, 0) is 20.4 Å². The average molecular weight is 590 g/mol. The summed E-state index contributed by atoms with van der Waals surface area (Å²) in [5.74, 6) is 0. The molecule has 3 fully saturated rings. The molecule has 3 aliphatic rings. The first-order valence-electron chi connectivity index (χ1n) is 12.9. The van der Waals surface area contributed by atoms with Crippen molar-refractivity contribution >= 4 is 27.0 Å². The average Bonchev–Trinajstić information content (AvgIpc) is 3.40. The van der Waals surface area contributed by atoms with Crippen LogP contribution in [-0.4, -0.2) is 97.1 Å². The predicted octanol–water partition coefficient (Wildman–Crippen LogP) is 3.01. The fourth-order valence-corrected chi connectivity index (χ4v) is 8.66. The van der Waals surface area contributed by atoms with Crippen molar-refractivity contribution in [3.63, 3.8) is 0 Å². The summed E-state index contributed by atoms with van der Waals surface area (Å²) in [5.41, 5.74) is -3.40. The Balaban J connectivity index is 1.43. The van der Waals surface area contributed by atoms with Crippen LogP contribution in [0.4, 0.5) is 18.9 Å². The van der Waals surface area contributed by atoms with Crippen molar-refractivity contribution in [1.29, 1.82) is 0 Å². The summed E-state index contributed by atoms with van der Waals surface area (Å²) in [6, 6.07) is 8.59. The number of thiophene rings is 1. The van der Waals surface area contributed by atoms with Crippen LogP contribution in [0.3, 0.4) is 0 Å². The Labute approximate surface area is 230 Å². The molecule has 216 valence electrons. The Morgan fingerprint density at radius 2 is 1.74 bits per heavy atom. The van der Waals surface area contributed by atoms with Gasteiger partial charge in [-0.05, 0) is 55.8 Å². The van der Waals surface area contributed by atoms with Gasteiger partial charge < -0.3 is 19.8 Å². The van der Waals surface area contributed by atoms with Gasteiger partial charge in [-0.3, -0.25) is 4.90 Å². The summed E-state index contributed by atoms with van der Waals surface area (Å²) >= 11 is 1.16. The van der Waals surface area contributed by atoms with Crippen molar-refractivity contribution in [3.05, 3.63) is 47.3 Å². The van der Waals surface area contributed by atoms with E-state index >= 15 is 0 Å². The van der Waals surface area contributed by atoms with Gasteiger partial charge in [-0.15, -0.1) is 11.3 Å². The molecule has 39 heavy (non-hydrogen) atoms. The molecule has 1 unspecified atom stereocenters. The molecule has 2 bridgehead atoms. The SMILES string of the molecule is CC1(O)C[C@H]2COC[C@@H](C1)N2C[C@H]1CN(S(=O)(=O)c2cccs2)CCN1c1ccc([C@@](C)(O)C(F)(F)F)cc1. The van der Waals surface area contributed by atoms with Crippen molar-refractivity contribution in [3.8, 4) is 0 Å². The van der Waals surface area contributed by atoms with Gasteiger partial charge in [-0.2, -0.15) is 17.5 Å². The van der Waals surface area contributed by atoms with E-state index in [1.54, 1.807) is 29.6 Å². The van der Waals surface area contributed by atoms with Crippen molar-refractivity contribution in [2.24, 2.45) is 0 Å². The van der Waals surface area contributed by atoms with Gasteiger partial charge in [0.05, 0.1) is 24.9 Å². The highest BCUT2D eigenvalue weighted by Crippen LogP contribution is 2.40. The van der Waals surface area contributed by atoms with Crippen molar-refractivity contribution < 1.29 is 36.5 Å². The number of fused-ring (bicyclic) bond motifs is 2. The maximum Gasteiger partial charge on any atom is 0.421 e. The number of hydrogen-bond donors (Lipinski definition) is 2. The number of morpholine rings is 1. The van der Waals surface area contributed by atoms with Gasteiger partial charge >= 0.3 is 6.18 Å². The largest absolute Gasteiger partial charge is 0.421 e. The molecule has 3 saturated heterocycles. The molecule has 0 amide bonds. The third kappa shape index (κ3) is 5.59. The third-order valence-electron chi connectivity index (χ3n) is 8.18. The fourth-order valence-electron chi connectivity index (χ4n) is 6.04. The molecule has 0 saturated carbocycles. The molecule has 0 radical (unpaired) electrons. The Hall–Kier alpha value is -1.74. The lowest BCUT2D eigenvalue weighted by Crippen LogP contribution is -2.66. The molecule has 13 heteroatoms. The van der Waals surface area contributed by atoms with Crippen LogP contribution in [0.1, 0.15) is 32.3 Å². The van der Waals surface area contributed by atoms with Crippen LogP contribution in [0.15, 0.2) is 46.0 Å². The zero-order valence-electron chi connectivity index (χ0n) is 21.8. The van der Waals surface area contributed by atoms with Gasteiger partial charge in [0.15, 0.2) is 5.60 Å². The Morgan fingerprint density at radius 3 is 2.31 bits per heavy atom. The summed E-state index contributed by atoms with van der Waals surface area (Å²) in [5, 5.41) is 22.6. The molecule has 5 atom stereocenters. The maximum atomic E-state index is 13.4. The monoisotopic (exact) mass is 589 g/mol. The molecular formula is C26H34F3N3O5S2. The van der Waals surface area contributed by atoms with Gasteiger partial charge in [0, 0.05) is 44.0 Å². The number of anilines is 1. The lowest BCUT2D eigenvalue weighted by molar-refractivity contribution is -0.258. The summed E-state index contributed by atoms with van der Waals surface area (Å²) < 4.78 is 74.4. The first-order valence-corrected chi connectivity index (χ1v) is 15.3.